The molecule has 1 amide bonds. The van der Waals surface area contributed by atoms with Crippen LogP contribution in [-0.2, 0) is 12.6 Å². The quantitative estimate of drug-likeness (QED) is 0.479. The first-order valence-electron chi connectivity index (χ1n) is 9.36. The number of carbonyl (C=O) groups is 1. The van der Waals surface area contributed by atoms with Crippen molar-refractivity contribution >= 4 is 33.4 Å². The molecule has 31 heavy (non-hydrogen) atoms. The van der Waals surface area contributed by atoms with E-state index >= 15 is 0 Å². The van der Waals surface area contributed by atoms with Gasteiger partial charge < -0.3 is 24.9 Å². The van der Waals surface area contributed by atoms with Gasteiger partial charge >= 0.3 is 0 Å². The molecule has 10 heteroatoms. The standard InChI is InChI=1S/C21H22BrClN4O4/c1-21(2,31-17-7-4-12(23)10-15(17)18(24)29)20-26-25-19(27(20)3)14-6-5-13(11-16(14)22)30-9-8-28/h4-7,10-11,28H,8-9H2,1-3H3,(H2,24,29). The molecule has 164 valence electrons. The van der Waals surface area contributed by atoms with Gasteiger partial charge in [0, 0.05) is 22.1 Å². The zero-order valence-electron chi connectivity index (χ0n) is 17.2. The Morgan fingerprint density at radius 1 is 1.26 bits per heavy atom. The maximum atomic E-state index is 11.8. The Bertz CT molecular complexity index is 1120. The molecule has 1 aromatic heterocycles. The second kappa shape index (κ2) is 9.25. The molecule has 0 aliphatic heterocycles. The third-order valence-corrected chi connectivity index (χ3v) is 5.42. The van der Waals surface area contributed by atoms with Gasteiger partial charge in [0.25, 0.3) is 5.91 Å². The van der Waals surface area contributed by atoms with Crippen molar-refractivity contribution in [2.45, 2.75) is 19.4 Å². The van der Waals surface area contributed by atoms with Crippen molar-refractivity contribution in [2.75, 3.05) is 13.2 Å². The number of primary amides is 1. The Hall–Kier alpha value is -2.62. The fourth-order valence-corrected chi connectivity index (χ4v) is 3.83. The third-order valence-electron chi connectivity index (χ3n) is 4.53. The van der Waals surface area contributed by atoms with E-state index in [-0.39, 0.29) is 18.8 Å². The molecule has 0 spiro atoms. The number of nitrogens with zero attached hydrogens (tertiary/aromatic N) is 3. The molecule has 8 nitrogen and oxygen atoms in total. The van der Waals surface area contributed by atoms with Gasteiger partial charge in [-0.15, -0.1) is 10.2 Å². The van der Waals surface area contributed by atoms with Crippen LogP contribution in [0.25, 0.3) is 11.4 Å². The molecule has 0 aliphatic carbocycles. The molecule has 0 bridgehead atoms. The first-order valence-corrected chi connectivity index (χ1v) is 10.5. The van der Waals surface area contributed by atoms with E-state index in [1.807, 2.05) is 31.5 Å². The van der Waals surface area contributed by atoms with Crippen molar-refractivity contribution in [1.82, 2.24) is 14.8 Å². The lowest BCUT2D eigenvalue weighted by Crippen LogP contribution is -2.30. The molecule has 0 unspecified atom stereocenters. The average Bonchev–Trinajstić information content (AvgIpc) is 3.09. The van der Waals surface area contributed by atoms with Gasteiger partial charge in [0.05, 0.1) is 12.2 Å². The van der Waals surface area contributed by atoms with Crippen LogP contribution in [0.4, 0.5) is 0 Å². The summed E-state index contributed by atoms with van der Waals surface area (Å²) in [5.41, 5.74) is 5.52. The summed E-state index contributed by atoms with van der Waals surface area (Å²) in [6.07, 6.45) is 0. The fraction of sp³-hybridized carbons (Fsp3) is 0.286. The minimum Gasteiger partial charge on any atom is -0.491 e. The van der Waals surface area contributed by atoms with Crippen LogP contribution in [0.2, 0.25) is 5.02 Å². The number of amides is 1. The lowest BCUT2D eigenvalue weighted by atomic mass is 10.1. The number of rotatable bonds is 8. The van der Waals surface area contributed by atoms with Crippen LogP contribution in [0.1, 0.15) is 30.0 Å². The monoisotopic (exact) mass is 508 g/mol. The van der Waals surface area contributed by atoms with Crippen molar-refractivity contribution in [2.24, 2.45) is 12.8 Å². The SMILES string of the molecule is Cn1c(-c2ccc(OCCO)cc2Br)nnc1C(C)(C)Oc1ccc(Cl)cc1C(N)=O. The average molecular weight is 510 g/mol. The van der Waals surface area contributed by atoms with Crippen LogP contribution in [0.3, 0.4) is 0 Å². The number of aliphatic hydroxyl groups excluding tert-OH is 1. The first kappa shape index (κ1) is 23.1. The van der Waals surface area contributed by atoms with Crippen LogP contribution in [0.15, 0.2) is 40.9 Å². The van der Waals surface area contributed by atoms with E-state index in [0.717, 1.165) is 10.0 Å². The highest BCUT2D eigenvalue weighted by atomic mass is 79.9. The van der Waals surface area contributed by atoms with Gasteiger partial charge in [0.2, 0.25) is 0 Å². The van der Waals surface area contributed by atoms with Crippen molar-refractivity contribution in [1.29, 1.82) is 0 Å². The third kappa shape index (κ3) is 5.00. The Morgan fingerprint density at radius 3 is 2.65 bits per heavy atom. The Labute approximate surface area is 193 Å². The van der Waals surface area contributed by atoms with Crippen LogP contribution >= 0.6 is 27.5 Å². The van der Waals surface area contributed by atoms with Gasteiger partial charge in [-0.05, 0) is 66.2 Å². The highest BCUT2D eigenvalue weighted by Gasteiger charge is 2.31. The molecule has 3 N–H and O–H groups in total. The zero-order valence-corrected chi connectivity index (χ0v) is 19.6. The molecule has 0 radical (unpaired) electrons. The molecule has 3 aromatic rings. The van der Waals surface area contributed by atoms with Gasteiger partial charge in [0.1, 0.15) is 18.1 Å². The normalized spacial score (nSPS) is 11.4. The van der Waals surface area contributed by atoms with E-state index in [2.05, 4.69) is 26.1 Å². The predicted molar refractivity (Wildman–Crippen MR) is 120 cm³/mol. The number of aromatic nitrogens is 3. The molecular formula is C21H22BrClN4O4. The molecule has 0 atom stereocenters. The number of carbonyl (C=O) groups excluding carboxylic acids is 1. The summed E-state index contributed by atoms with van der Waals surface area (Å²) in [5.74, 6) is 1.44. The van der Waals surface area contributed by atoms with E-state index in [1.165, 1.54) is 6.07 Å². The topological polar surface area (TPSA) is 112 Å². The summed E-state index contributed by atoms with van der Waals surface area (Å²) in [5, 5.41) is 17.9. The Balaban J connectivity index is 1.93. The van der Waals surface area contributed by atoms with E-state index in [4.69, 9.17) is 31.9 Å². The van der Waals surface area contributed by atoms with Crippen molar-refractivity contribution < 1.29 is 19.4 Å². The Morgan fingerprint density at radius 2 is 2.00 bits per heavy atom. The van der Waals surface area contributed by atoms with Crippen molar-refractivity contribution in [3.8, 4) is 22.9 Å². The van der Waals surface area contributed by atoms with Gasteiger partial charge in [-0.2, -0.15) is 0 Å². The summed E-state index contributed by atoms with van der Waals surface area (Å²) in [6.45, 7) is 3.79. The first-order chi connectivity index (χ1) is 14.6. The largest absolute Gasteiger partial charge is 0.491 e. The number of ether oxygens (including phenoxy) is 2. The maximum absolute atomic E-state index is 11.8. The van der Waals surface area contributed by atoms with Crippen LogP contribution in [0.5, 0.6) is 11.5 Å². The summed E-state index contributed by atoms with van der Waals surface area (Å²) in [6, 6.07) is 10.1. The molecule has 2 aromatic carbocycles. The summed E-state index contributed by atoms with van der Waals surface area (Å²) < 4.78 is 14.1. The fourth-order valence-electron chi connectivity index (χ4n) is 3.12. The summed E-state index contributed by atoms with van der Waals surface area (Å²) in [7, 11) is 1.83. The van der Waals surface area contributed by atoms with E-state index in [1.54, 1.807) is 24.3 Å². The zero-order chi connectivity index (χ0) is 22.8. The molecule has 0 saturated carbocycles. The highest BCUT2D eigenvalue weighted by molar-refractivity contribution is 9.10. The second-order valence-corrected chi connectivity index (χ2v) is 8.53. The van der Waals surface area contributed by atoms with E-state index < -0.39 is 11.5 Å². The van der Waals surface area contributed by atoms with Crippen molar-refractivity contribution in [3.05, 3.63) is 57.3 Å². The summed E-state index contributed by atoms with van der Waals surface area (Å²) in [4.78, 5) is 11.8. The van der Waals surface area contributed by atoms with Crippen LogP contribution in [-0.4, -0.2) is 39.0 Å². The van der Waals surface area contributed by atoms with Crippen LogP contribution in [0, 0.1) is 0 Å². The molecular weight excluding hydrogens is 488 g/mol. The Kier molecular flexibility index (Phi) is 6.88. The smallest absolute Gasteiger partial charge is 0.252 e. The molecule has 0 aliphatic rings. The maximum Gasteiger partial charge on any atom is 0.252 e. The molecule has 0 fully saturated rings. The number of benzene rings is 2. The predicted octanol–water partition coefficient (Wildman–Crippen LogP) is 3.68. The number of hydrogen-bond acceptors (Lipinski definition) is 6. The molecule has 0 saturated heterocycles. The number of nitrogens with two attached hydrogens (primary N) is 1. The van der Waals surface area contributed by atoms with E-state index in [9.17, 15) is 4.79 Å². The summed E-state index contributed by atoms with van der Waals surface area (Å²) >= 11 is 9.52. The minimum absolute atomic E-state index is 0.0633. The minimum atomic E-state index is -0.936. The van der Waals surface area contributed by atoms with Gasteiger partial charge in [-0.25, -0.2) is 0 Å². The highest BCUT2D eigenvalue weighted by Crippen LogP contribution is 2.34. The number of halogens is 2. The second-order valence-electron chi connectivity index (χ2n) is 7.24. The van der Waals surface area contributed by atoms with E-state index in [0.29, 0.717) is 28.2 Å². The van der Waals surface area contributed by atoms with Gasteiger partial charge in [-0.1, -0.05) is 11.6 Å². The van der Waals surface area contributed by atoms with Crippen LogP contribution < -0.4 is 15.2 Å². The number of hydrogen-bond donors (Lipinski definition) is 2. The lowest BCUT2D eigenvalue weighted by Gasteiger charge is -2.26. The van der Waals surface area contributed by atoms with Gasteiger partial charge in [0.15, 0.2) is 17.2 Å². The molecule has 1 heterocycles. The van der Waals surface area contributed by atoms with Gasteiger partial charge in [-0.3, -0.25) is 4.79 Å². The molecule has 3 rings (SSSR count). The lowest BCUT2D eigenvalue weighted by molar-refractivity contribution is 0.0886. The van der Waals surface area contributed by atoms with Crippen molar-refractivity contribution in [3.63, 3.8) is 0 Å². The number of aliphatic hydroxyl groups is 1.